The van der Waals surface area contributed by atoms with Crippen LogP contribution in [0.5, 0.6) is 0 Å². The molecule has 1 amide bonds. The Morgan fingerprint density at radius 2 is 1.83 bits per heavy atom. The van der Waals surface area contributed by atoms with Crippen LogP contribution in [-0.4, -0.2) is 50.6 Å². The van der Waals surface area contributed by atoms with Crippen molar-refractivity contribution in [2.75, 3.05) is 33.0 Å². The minimum atomic E-state index is -4.66. The monoisotopic (exact) mass is 373 g/mol. The Hall–Kier alpha value is -1.36. The number of nitrogens with zero attached hydrogens (tertiary/aromatic N) is 2. The lowest BCUT2D eigenvalue weighted by atomic mass is 10.2. The largest absolute Gasteiger partial charge is 0.417 e. The molecule has 1 aromatic carbocycles. The molecule has 1 rings (SSSR count). The lowest BCUT2D eigenvalue weighted by molar-refractivity contribution is -0.137. The van der Waals surface area contributed by atoms with Crippen LogP contribution in [0.3, 0.4) is 0 Å². The maximum Gasteiger partial charge on any atom is 0.417 e. The second kappa shape index (κ2) is 7.04. The van der Waals surface area contributed by atoms with Gasteiger partial charge in [-0.05, 0) is 18.2 Å². The van der Waals surface area contributed by atoms with Crippen LogP contribution in [0.2, 0.25) is 5.02 Å². The summed E-state index contributed by atoms with van der Waals surface area (Å²) in [5, 5.41) is 1.70. The first kappa shape index (κ1) is 19.7. The van der Waals surface area contributed by atoms with Crippen LogP contribution in [0.4, 0.5) is 18.9 Å². The van der Waals surface area contributed by atoms with Crippen molar-refractivity contribution in [3.05, 3.63) is 28.8 Å². The van der Waals surface area contributed by atoms with Crippen molar-refractivity contribution in [2.45, 2.75) is 6.18 Å². The second-order valence-corrected chi connectivity index (χ2v) is 7.44. The van der Waals surface area contributed by atoms with Gasteiger partial charge in [0.1, 0.15) is 0 Å². The highest BCUT2D eigenvalue weighted by Gasteiger charge is 2.33. The van der Waals surface area contributed by atoms with E-state index in [1.165, 1.54) is 27.2 Å². The number of hydrogen-bond acceptors (Lipinski definition) is 3. The first-order chi connectivity index (χ1) is 10.4. The molecule has 0 saturated heterocycles. The van der Waals surface area contributed by atoms with Gasteiger partial charge in [0.15, 0.2) is 0 Å². The molecular weight excluding hydrogens is 359 g/mol. The van der Waals surface area contributed by atoms with Gasteiger partial charge in [-0.1, -0.05) is 11.6 Å². The third-order valence-corrected chi connectivity index (χ3v) is 4.95. The van der Waals surface area contributed by atoms with Gasteiger partial charge in [0.2, 0.25) is 5.91 Å². The summed E-state index contributed by atoms with van der Waals surface area (Å²) < 4.78 is 63.4. The van der Waals surface area contributed by atoms with E-state index < -0.39 is 39.4 Å². The van der Waals surface area contributed by atoms with Crippen LogP contribution in [-0.2, 0) is 21.2 Å². The summed E-state index contributed by atoms with van der Waals surface area (Å²) in [6.07, 6.45) is -4.66. The number of rotatable bonds is 5. The van der Waals surface area contributed by atoms with E-state index in [4.69, 9.17) is 11.6 Å². The van der Waals surface area contributed by atoms with E-state index in [-0.39, 0.29) is 5.69 Å². The maximum atomic E-state index is 12.7. The van der Waals surface area contributed by atoms with Gasteiger partial charge < -0.3 is 5.32 Å². The van der Waals surface area contributed by atoms with Crippen molar-refractivity contribution in [2.24, 2.45) is 0 Å². The Labute approximate surface area is 137 Å². The molecule has 0 saturated carbocycles. The maximum absolute atomic E-state index is 12.7. The Bertz CT molecular complexity index is 693. The third kappa shape index (κ3) is 5.06. The van der Waals surface area contributed by atoms with E-state index in [0.717, 1.165) is 14.7 Å². The molecule has 0 aromatic heterocycles. The Morgan fingerprint density at radius 1 is 1.26 bits per heavy atom. The van der Waals surface area contributed by atoms with Crippen molar-refractivity contribution >= 4 is 33.4 Å². The fourth-order valence-electron chi connectivity index (χ4n) is 1.58. The summed E-state index contributed by atoms with van der Waals surface area (Å²) in [5.74, 6) is -0.784. The highest BCUT2D eigenvalue weighted by atomic mass is 35.5. The molecule has 11 heteroatoms. The van der Waals surface area contributed by atoms with Gasteiger partial charge in [0.05, 0.1) is 17.1 Å². The predicted molar refractivity (Wildman–Crippen MR) is 80.3 cm³/mol. The SMILES string of the molecule is CN(C)S(=O)(=O)N(C)CC(=O)Nc1ccc(Cl)c(C(F)(F)F)c1. The minimum absolute atomic E-state index is 0.137. The first-order valence-electron chi connectivity index (χ1n) is 6.16. The Balaban J connectivity index is 2.87. The smallest absolute Gasteiger partial charge is 0.325 e. The lowest BCUT2D eigenvalue weighted by Crippen LogP contribution is -2.41. The number of halogens is 4. The molecule has 23 heavy (non-hydrogen) atoms. The van der Waals surface area contributed by atoms with Crippen molar-refractivity contribution in [3.63, 3.8) is 0 Å². The van der Waals surface area contributed by atoms with Crippen LogP contribution in [0.25, 0.3) is 0 Å². The molecule has 0 spiro atoms. The van der Waals surface area contributed by atoms with E-state index in [2.05, 4.69) is 5.32 Å². The van der Waals surface area contributed by atoms with Gasteiger partial charge in [-0.25, -0.2) is 0 Å². The highest BCUT2D eigenvalue weighted by Crippen LogP contribution is 2.36. The lowest BCUT2D eigenvalue weighted by Gasteiger charge is -2.21. The summed E-state index contributed by atoms with van der Waals surface area (Å²) in [5.41, 5.74) is -1.23. The molecule has 0 atom stereocenters. The van der Waals surface area contributed by atoms with Crippen LogP contribution in [0.15, 0.2) is 18.2 Å². The van der Waals surface area contributed by atoms with Crippen LogP contribution >= 0.6 is 11.6 Å². The molecule has 0 bridgehead atoms. The Morgan fingerprint density at radius 3 is 2.30 bits per heavy atom. The minimum Gasteiger partial charge on any atom is -0.325 e. The van der Waals surface area contributed by atoms with Gasteiger partial charge in [0.25, 0.3) is 10.2 Å². The fraction of sp³-hybridized carbons (Fsp3) is 0.417. The third-order valence-electron chi connectivity index (χ3n) is 2.78. The molecule has 130 valence electrons. The number of nitrogens with one attached hydrogen (secondary N) is 1. The number of amides is 1. The second-order valence-electron chi connectivity index (χ2n) is 4.79. The number of likely N-dealkylation sites (N-methyl/N-ethyl adjacent to an activating group) is 1. The van der Waals surface area contributed by atoms with E-state index in [9.17, 15) is 26.4 Å². The average Bonchev–Trinajstić information content (AvgIpc) is 2.39. The first-order valence-corrected chi connectivity index (χ1v) is 7.93. The zero-order chi connectivity index (χ0) is 18.0. The average molecular weight is 374 g/mol. The van der Waals surface area contributed by atoms with Crippen LogP contribution < -0.4 is 5.32 Å². The van der Waals surface area contributed by atoms with Crippen LogP contribution in [0, 0.1) is 0 Å². The number of hydrogen-bond donors (Lipinski definition) is 1. The van der Waals surface area contributed by atoms with E-state index in [0.29, 0.717) is 6.07 Å². The van der Waals surface area contributed by atoms with E-state index in [1.54, 1.807) is 0 Å². The molecule has 0 radical (unpaired) electrons. The zero-order valence-corrected chi connectivity index (χ0v) is 14.1. The normalized spacial score (nSPS) is 12.7. The van der Waals surface area contributed by atoms with Crippen molar-refractivity contribution < 1.29 is 26.4 Å². The molecule has 0 fully saturated rings. The number of benzene rings is 1. The molecule has 1 aromatic rings. The molecule has 0 aliphatic rings. The predicted octanol–water partition coefficient (Wildman–Crippen LogP) is 2.04. The zero-order valence-electron chi connectivity index (χ0n) is 12.5. The Kier molecular flexibility index (Phi) is 6.02. The van der Waals surface area contributed by atoms with Crippen LogP contribution in [0.1, 0.15) is 5.56 Å². The fourth-order valence-corrected chi connectivity index (χ4v) is 2.65. The van der Waals surface area contributed by atoms with Gasteiger partial charge in [-0.2, -0.15) is 30.2 Å². The summed E-state index contributed by atoms with van der Waals surface area (Å²) >= 11 is 5.47. The van der Waals surface area contributed by atoms with Gasteiger partial charge in [0, 0.05) is 26.8 Å². The number of alkyl halides is 3. The standard InChI is InChI=1S/C12H15ClF3N3O3S/c1-18(2)23(21,22)19(3)7-11(20)17-8-4-5-10(13)9(6-8)12(14,15)16/h4-6H,7H2,1-3H3,(H,17,20). The quantitative estimate of drug-likeness (QED) is 0.858. The molecular formula is C12H15ClF3N3O3S. The van der Waals surface area contributed by atoms with Crippen molar-refractivity contribution in [1.82, 2.24) is 8.61 Å². The number of anilines is 1. The molecule has 0 unspecified atom stereocenters. The van der Waals surface area contributed by atoms with Gasteiger partial charge >= 0.3 is 6.18 Å². The summed E-state index contributed by atoms with van der Waals surface area (Å²) in [4.78, 5) is 11.8. The molecule has 6 nitrogen and oxygen atoms in total. The summed E-state index contributed by atoms with van der Waals surface area (Å²) in [7, 11) is -0.0387. The van der Waals surface area contributed by atoms with Gasteiger partial charge in [-0.15, -0.1) is 0 Å². The van der Waals surface area contributed by atoms with Crippen molar-refractivity contribution in [1.29, 1.82) is 0 Å². The molecule has 0 aliphatic carbocycles. The summed E-state index contributed by atoms with van der Waals surface area (Å²) in [6.45, 7) is -0.551. The summed E-state index contributed by atoms with van der Waals surface area (Å²) in [6, 6.07) is 2.87. The number of carbonyl (C=O) groups excluding carboxylic acids is 1. The van der Waals surface area contributed by atoms with Gasteiger partial charge in [-0.3, -0.25) is 4.79 Å². The topological polar surface area (TPSA) is 69.7 Å². The highest BCUT2D eigenvalue weighted by molar-refractivity contribution is 7.86. The molecule has 1 N–H and O–H groups in total. The van der Waals surface area contributed by atoms with E-state index in [1.807, 2.05) is 0 Å². The molecule has 0 heterocycles. The number of carbonyl (C=O) groups is 1. The van der Waals surface area contributed by atoms with E-state index >= 15 is 0 Å². The molecule has 0 aliphatic heterocycles. The van der Waals surface area contributed by atoms with Crippen molar-refractivity contribution in [3.8, 4) is 0 Å².